The van der Waals surface area contributed by atoms with Crippen molar-refractivity contribution >= 4 is 17.9 Å². The van der Waals surface area contributed by atoms with Crippen molar-refractivity contribution in [1.29, 1.82) is 0 Å². The maximum absolute atomic E-state index is 13.0. The van der Waals surface area contributed by atoms with Gasteiger partial charge in [0.2, 0.25) is 0 Å². The lowest BCUT2D eigenvalue weighted by Gasteiger charge is -2.18. The summed E-state index contributed by atoms with van der Waals surface area (Å²) in [6, 6.07) is 0. The Hall–Kier alpha value is -3.15. The van der Waals surface area contributed by atoms with Gasteiger partial charge in [-0.2, -0.15) is 0 Å². The minimum Gasteiger partial charge on any atom is -0.462 e. The highest BCUT2D eigenvalue weighted by atomic mass is 16.6. The summed E-state index contributed by atoms with van der Waals surface area (Å²) in [5, 5.41) is 0. The summed E-state index contributed by atoms with van der Waals surface area (Å²) in [5.41, 5.74) is 0. The van der Waals surface area contributed by atoms with Gasteiger partial charge in [-0.3, -0.25) is 14.4 Å². The fourth-order valence-corrected chi connectivity index (χ4v) is 10.7. The summed E-state index contributed by atoms with van der Waals surface area (Å²) in [7, 11) is 0. The van der Waals surface area contributed by atoms with E-state index in [0.29, 0.717) is 19.3 Å². The van der Waals surface area contributed by atoms with Crippen LogP contribution in [0.25, 0.3) is 0 Å². The van der Waals surface area contributed by atoms with Crippen molar-refractivity contribution < 1.29 is 28.6 Å². The van der Waals surface area contributed by atoms with Crippen LogP contribution in [0.15, 0.2) is 72.9 Å². The van der Waals surface area contributed by atoms with Gasteiger partial charge in [-0.15, -0.1) is 0 Å². The molecular formula is C77H138O6. The summed E-state index contributed by atoms with van der Waals surface area (Å²) in [5.74, 6) is -0.863. The zero-order chi connectivity index (χ0) is 59.9. The molecule has 482 valence electrons. The standard InChI is InChI=1S/C77H138O6/c1-4-7-10-13-16-19-22-25-28-31-33-35-37-38-40-41-43-46-49-52-55-58-61-64-67-70-76(79)82-73-74(72-81-75(78)69-66-63-60-57-54-51-48-45-30-27-24-21-18-15-12-9-6-3)83-77(80)71-68-65-62-59-56-53-50-47-44-42-39-36-34-32-29-26-23-20-17-14-11-8-5-2/h22-23,25-26,31-34,37-39,42,74H,4-21,24,27-30,35-36,40-41,43-73H2,1-3H3/b25-22-,26-23-,33-31-,34-32-,38-37-,42-39-. The van der Waals surface area contributed by atoms with E-state index < -0.39 is 6.10 Å². The first-order chi connectivity index (χ1) is 41.0. The number of carbonyl (C=O) groups excluding carboxylic acids is 3. The van der Waals surface area contributed by atoms with Gasteiger partial charge in [0.15, 0.2) is 6.10 Å². The van der Waals surface area contributed by atoms with Gasteiger partial charge in [-0.05, 0) is 96.3 Å². The summed E-state index contributed by atoms with van der Waals surface area (Å²) in [6.07, 6.45) is 93.5. The molecule has 0 amide bonds. The molecule has 0 heterocycles. The van der Waals surface area contributed by atoms with Gasteiger partial charge in [0.1, 0.15) is 13.2 Å². The molecule has 1 atom stereocenters. The molecule has 0 aliphatic rings. The van der Waals surface area contributed by atoms with Crippen LogP contribution < -0.4 is 0 Å². The number of ether oxygens (including phenoxy) is 3. The molecule has 6 heteroatoms. The fourth-order valence-electron chi connectivity index (χ4n) is 10.7. The Labute approximate surface area is 516 Å². The molecule has 0 radical (unpaired) electrons. The molecule has 0 aromatic rings. The topological polar surface area (TPSA) is 78.9 Å². The van der Waals surface area contributed by atoms with Crippen molar-refractivity contribution in [1.82, 2.24) is 0 Å². The molecule has 0 saturated carbocycles. The number of hydrogen-bond donors (Lipinski definition) is 0. The first-order valence-electron chi connectivity index (χ1n) is 36.4. The van der Waals surface area contributed by atoms with E-state index in [1.54, 1.807) is 0 Å². The molecule has 6 nitrogen and oxygen atoms in total. The monoisotopic (exact) mass is 1160 g/mol. The lowest BCUT2D eigenvalue weighted by molar-refractivity contribution is -0.167. The van der Waals surface area contributed by atoms with Gasteiger partial charge in [-0.25, -0.2) is 0 Å². The first-order valence-corrected chi connectivity index (χ1v) is 36.4. The number of allylic oxidation sites excluding steroid dienone is 12. The SMILES string of the molecule is CCCCCCC/C=C\C/C=C\C/C=C\CCCCCCCCCCCCC(=O)OCC(COC(=O)CCCCCCCCCCCCCCCCCCC)OC(=O)CCCCCCCCCC/C=C\C/C=C\C/C=C\CCCCCCC. The third-order valence-electron chi connectivity index (χ3n) is 16.2. The van der Waals surface area contributed by atoms with Crippen LogP contribution in [0.4, 0.5) is 0 Å². The van der Waals surface area contributed by atoms with Crippen molar-refractivity contribution in [2.24, 2.45) is 0 Å². The molecule has 0 aromatic heterocycles. The van der Waals surface area contributed by atoms with E-state index in [2.05, 4.69) is 93.7 Å². The minimum absolute atomic E-state index is 0.0758. The average molecular weight is 1160 g/mol. The molecule has 0 fully saturated rings. The Kier molecular flexibility index (Phi) is 68.6. The van der Waals surface area contributed by atoms with Crippen molar-refractivity contribution in [2.75, 3.05) is 13.2 Å². The summed E-state index contributed by atoms with van der Waals surface area (Å²) in [4.78, 5) is 38.5. The Morgan fingerprint density at radius 1 is 0.241 bits per heavy atom. The molecule has 83 heavy (non-hydrogen) atoms. The van der Waals surface area contributed by atoms with Crippen molar-refractivity contribution in [2.45, 2.75) is 386 Å². The van der Waals surface area contributed by atoms with Crippen molar-refractivity contribution in [3.63, 3.8) is 0 Å². The van der Waals surface area contributed by atoms with Crippen LogP contribution >= 0.6 is 0 Å². The largest absolute Gasteiger partial charge is 0.462 e. The molecule has 0 N–H and O–H groups in total. The first kappa shape index (κ1) is 79.8. The second-order valence-corrected chi connectivity index (χ2v) is 24.5. The molecule has 0 aliphatic heterocycles. The second kappa shape index (κ2) is 71.3. The van der Waals surface area contributed by atoms with Crippen LogP contribution in [0.1, 0.15) is 380 Å². The summed E-state index contributed by atoms with van der Waals surface area (Å²) in [6.45, 7) is 6.67. The highest BCUT2D eigenvalue weighted by Crippen LogP contribution is 2.18. The zero-order valence-electron chi connectivity index (χ0n) is 55.5. The summed E-state index contributed by atoms with van der Waals surface area (Å²) < 4.78 is 17.0. The Morgan fingerprint density at radius 2 is 0.434 bits per heavy atom. The second-order valence-electron chi connectivity index (χ2n) is 24.5. The van der Waals surface area contributed by atoms with Crippen LogP contribution in [-0.4, -0.2) is 37.2 Å². The highest BCUT2D eigenvalue weighted by Gasteiger charge is 2.19. The van der Waals surface area contributed by atoms with Crippen LogP contribution in [0, 0.1) is 0 Å². The van der Waals surface area contributed by atoms with Crippen LogP contribution in [0.5, 0.6) is 0 Å². The van der Waals surface area contributed by atoms with Crippen molar-refractivity contribution in [3.05, 3.63) is 72.9 Å². The van der Waals surface area contributed by atoms with Gasteiger partial charge in [-0.1, -0.05) is 338 Å². The molecule has 0 aromatic carbocycles. The maximum Gasteiger partial charge on any atom is 0.306 e. The molecular weight excluding hydrogens is 1020 g/mol. The van der Waals surface area contributed by atoms with E-state index in [0.717, 1.165) is 89.9 Å². The predicted molar refractivity (Wildman–Crippen MR) is 362 cm³/mol. The minimum atomic E-state index is -0.782. The maximum atomic E-state index is 13.0. The predicted octanol–water partition coefficient (Wildman–Crippen LogP) is 25.2. The van der Waals surface area contributed by atoms with E-state index in [1.165, 1.54) is 250 Å². The van der Waals surface area contributed by atoms with E-state index >= 15 is 0 Å². The number of hydrogen-bond acceptors (Lipinski definition) is 6. The van der Waals surface area contributed by atoms with Crippen LogP contribution in [0.3, 0.4) is 0 Å². The van der Waals surface area contributed by atoms with E-state index in [9.17, 15) is 14.4 Å². The molecule has 0 rings (SSSR count). The number of unbranched alkanes of at least 4 members (excludes halogenated alkanes) is 44. The zero-order valence-corrected chi connectivity index (χ0v) is 55.5. The average Bonchev–Trinajstić information content (AvgIpc) is 3.49. The van der Waals surface area contributed by atoms with Gasteiger partial charge in [0.05, 0.1) is 0 Å². The lowest BCUT2D eigenvalue weighted by Crippen LogP contribution is -2.30. The molecule has 1 unspecified atom stereocenters. The molecule has 0 bridgehead atoms. The number of rotatable bonds is 67. The summed E-state index contributed by atoms with van der Waals surface area (Å²) >= 11 is 0. The van der Waals surface area contributed by atoms with Gasteiger partial charge in [0.25, 0.3) is 0 Å². The Balaban J connectivity index is 4.36. The van der Waals surface area contributed by atoms with Crippen LogP contribution in [0.2, 0.25) is 0 Å². The molecule has 0 saturated heterocycles. The fraction of sp³-hybridized carbons (Fsp3) is 0.805. The third-order valence-corrected chi connectivity index (χ3v) is 16.2. The van der Waals surface area contributed by atoms with E-state index in [-0.39, 0.29) is 31.1 Å². The van der Waals surface area contributed by atoms with Gasteiger partial charge >= 0.3 is 17.9 Å². The lowest BCUT2D eigenvalue weighted by atomic mass is 10.0. The quantitative estimate of drug-likeness (QED) is 0.0261. The Morgan fingerprint density at radius 3 is 0.675 bits per heavy atom. The van der Waals surface area contributed by atoms with Crippen LogP contribution in [-0.2, 0) is 28.6 Å². The van der Waals surface area contributed by atoms with Crippen molar-refractivity contribution in [3.8, 4) is 0 Å². The molecule has 0 spiro atoms. The smallest absolute Gasteiger partial charge is 0.306 e. The highest BCUT2D eigenvalue weighted by molar-refractivity contribution is 5.71. The van der Waals surface area contributed by atoms with E-state index in [1.807, 2.05) is 0 Å². The van der Waals surface area contributed by atoms with E-state index in [4.69, 9.17) is 14.2 Å². The number of carbonyl (C=O) groups is 3. The Bertz CT molecular complexity index is 1520. The number of esters is 3. The van der Waals surface area contributed by atoms with Gasteiger partial charge < -0.3 is 14.2 Å². The molecule has 0 aliphatic carbocycles. The van der Waals surface area contributed by atoms with Gasteiger partial charge in [0, 0.05) is 19.3 Å². The normalized spacial score (nSPS) is 12.5. The third kappa shape index (κ3) is 69.5.